The Kier molecular flexibility index (Phi) is 13.2. The second-order valence-electron chi connectivity index (χ2n) is 2.90. The molecule has 0 bridgehead atoms. The Morgan fingerprint density at radius 3 is 1.06 bits per heavy atom. The first kappa shape index (κ1) is 17.8. The normalized spacial score (nSPS) is 12.0. The highest BCUT2D eigenvalue weighted by molar-refractivity contribution is 7.80. The number of hydrogen-bond donors (Lipinski definition) is 0. The van der Waals surface area contributed by atoms with Crippen LogP contribution in [-0.4, -0.2) is 59.0 Å². The molecule has 0 amide bonds. The third-order valence-electron chi connectivity index (χ3n) is 1.84. The molecular formula is C8H16Cl5N2P. The quantitative estimate of drug-likeness (QED) is 0.435. The smallest absolute Gasteiger partial charge is 0.140 e. The summed E-state index contributed by atoms with van der Waals surface area (Å²) in [7, 11) is -0.930. The first-order chi connectivity index (χ1) is 7.71. The van der Waals surface area contributed by atoms with E-state index in [2.05, 4.69) is 9.34 Å². The molecule has 98 valence electrons. The fraction of sp³-hybridized carbons (Fsp3) is 1.00. The van der Waals surface area contributed by atoms with Gasteiger partial charge in [0.15, 0.2) is 0 Å². The minimum Gasteiger partial charge on any atom is -0.255 e. The van der Waals surface area contributed by atoms with Crippen LogP contribution in [0.1, 0.15) is 0 Å². The molecule has 0 aromatic heterocycles. The van der Waals surface area contributed by atoms with Gasteiger partial charge < -0.3 is 0 Å². The molecule has 0 fully saturated rings. The minimum absolute atomic E-state index is 0.540. The molecule has 0 aliphatic rings. The van der Waals surface area contributed by atoms with Crippen LogP contribution >= 0.6 is 65.2 Å². The predicted molar refractivity (Wildman–Crippen MR) is 78.8 cm³/mol. The zero-order valence-electron chi connectivity index (χ0n) is 8.89. The molecule has 0 aromatic rings. The van der Waals surface area contributed by atoms with Gasteiger partial charge in [-0.2, -0.15) is 0 Å². The molecule has 0 heterocycles. The summed E-state index contributed by atoms with van der Waals surface area (Å²) in [4.78, 5) is 0. The van der Waals surface area contributed by atoms with Crippen molar-refractivity contribution in [2.75, 3.05) is 49.7 Å². The summed E-state index contributed by atoms with van der Waals surface area (Å²) in [6.07, 6.45) is 0. The summed E-state index contributed by atoms with van der Waals surface area (Å²) < 4.78 is 4.16. The van der Waals surface area contributed by atoms with E-state index in [1.165, 1.54) is 0 Å². The first-order valence-electron chi connectivity index (χ1n) is 4.90. The van der Waals surface area contributed by atoms with Gasteiger partial charge in [0.2, 0.25) is 0 Å². The Labute approximate surface area is 124 Å². The summed E-state index contributed by atoms with van der Waals surface area (Å²) in [5.41, 5.74) is 0. The van der Waals surface area contributed by atoms with Gasteiger partial charge in [-0.3, -0.25) is 9.34 Å². The molecule has 0 aromatic carbocycles. The van der Waals surface area contributed by atoms with Crippen LogP contribution in [0.2, 0.25) is 0 Å². The van der Waals surface area contributed by atoms with Crippen LogP contribution in [0.25, 0.3) is 0 Å². The molecule has 8 heteroatoms. The lowest BCUT2D eigenvalue weighted by atomic mass is 10.6. The maximum absolute atomic E-state index is 6.41. The van der Waals surface area contributed by atoms with Crippen molar-refractivity contribution in [3.8, 4) is 0 Å². The van der Waals surface area contributed by atoms with Gasteiger partial charge in [-0.1, -0.05) is 11.2 Å². The average molecular weight is 348 g/mol. The van der Waals surface area contributed by atoms with Gasteiger partial charge in [0.25, 0.3) is 0 Å². The van der Waals surface area contributed by atoms with Crippen LogP contribution in [-0.2, 0) is 0 Å². The Balaban J connectivity index is 4.31. The number of alkyl halides is 4. The lowest BCUT2D eigenvalue weighted by Gasteiger charge is -2.33. The maximum Gasteiger partial charge on any atom is 0.140 e. The third-order valence-corrected chi connectivity index (χ3v) is 5.53. The lowest BCUT2D eigenvalue weighted by Crippen LogP contribution is -2.31. The largest absolute Gasteiger partial charge is 0.255 e. The molecule has 0 unspecified atom stereocenters. The highest BCUT2D eigenvalue weighted by atomic mass is 35.7. The fourth-order valence-electron chi connectivity index (χ4n) is 1.12. The van der Waals surface area contributed by atoms with Crippen molar-refractivity contribution in [1.82, 2.24) is 9.34 Å². The van der Waals surface area contributed by atoms with E-state index >= 15 is 0 Å². The molecule has 0 N–H and O–H groups in total. The van der Waals surface area contributed by atoms with E-state index in [9.17, 15) is 0 Å². The van der Waals surface area contributed by atoms with Gasteiger partial charge in [-0.25, -0.2) is 0 Å². The first-order valence-corrected chi connectivity index (χ1v) is 9.19. The predicted octanol–water partition coefficient (Wildman–Crippen LogP) is 4.01. The van der Waals surface area contributed by atoms with Crippen molar-refractivity contribution in [1.29, 1.82) is 0 Å². The Morgan fingerprint density at radius 1 is 0.625 bits per heavy atom. The average Bonchev–Trinajstić information content (AvgIpc) is 2.27. The van der Waals surface area contributed by atoms with Crippen LogP contribution in [0.3, 0.4) is 0 Å². The second-order valence-corrected chi connectivity index (χ2v) is 6.94. The van der Waals surface area contributed by atoms with E-state index in [0.717, 1.165) is 26.2 Å². The van der Waals surface area contributed by atoms with Crippen molar-refractivity contribution in [2.24, 2.45) is 0 Å². The van der Waals surface area contributed by atoms with Crippen LogP contribution in [0.15, 0.2) is 0 Å². The number of hydrogen-bond acceptors (Lipinski definition) is 2. The van der Waals surface area contributed by atoms with Crippen LogP contribution in [0.5, 0.6) is 0 Å². The summed E-state index contributed by atoms with van der Waals surface area (Å²) in [5.74, 6) is 2.16. The van der Waals surface area contributed by atoms with E-state index in [1.807, 2.05) is 0 Å². The zero-order chi connectivity index (χ0) is 12.4. The van der Waals surface area contributed by atoms with Crippen molar-refractivity contribution >= 4 is 65.2 Å². The van der Waals surface area contributed by atoms with Gasteiger partial charge in [0.05, 0.1) is 0 Å². The molecule has 0 aliphatic heterocycles. The standard InChI is InChI=1S/C8H16Cl5N2P/c9-1-5-14(6-2-10)16(13)15(7-3-11)8-4-12/h1-8H2. The Hall–Kier alpha value is 1.80. The van der Waals surface area contributed by atoms with Crippen LogP contribution in [0, 0.1) is 0 Å². The topological polar surface area (TPSA) is 6.48 Å². The molecule has 2 nitrogen and oxygen atoms in total. The Bertz CT molecular complexity index is 137. The molecule has 0 atom stereocenters. The molecule has 16 heavy (non-hydrogen) atoms. The molecule has 0 spiro atoms. The van der Waals surface area contributed by atoms with Crippen LogP contribution < -0.4 is 0 Å². The SMILES string of the molecule is ClCCN(CCCl)P(Cl)N(CCCl)CCCl. The number of halogens is 5. The summed E-state index contributed by atoms with van der Waals surface area (Å²) in [5, 5.41) is 0. The Morgan fingerprint density at radius 2 is 0.875 bits per heavy atom. The summed E-state index contributed by atoms with van der Waals surface area (Å²) >= 11 is 29.3. The molecule has 0 aliphatic carbocycles. The zero-order valence-corrected chi connectivity index (χ0v) is 13.6. The molecule has 0 saturated heterocycles. The second kappa shape index (κ2) is 11.9. The maximum atomic E-state index is 6.41. The number of nitrogens with zero attached hydrogens (tertiary/aromatic N) is 2. The van der Waals surface area contributed by atoms with Gasteiger partial charge in [0.1, 0.15) is 7.58 Å². The van der Waals surface area contributed by atoms with Crippen molar-refractivity contribution in [3.05, 3.63) is 0 Å². The van der Waals surface area contributed by atoms with Gasteiger partial charge in [-0.05, 0) is 0 Å². The van der Waals surface area contributed by atoms with Crippen molar-refractivity contribution < 1.29 is 0 Å². The van der Waals surface area contributed by atoms with Gasteiger partial charge in [-0.15, -0.1) is 46.4 Å². The fourth-order valence-corrected chi connectivity index (χ4v) is 4.74. The third kappa shape index (κ3) is 7.28. The van der Waals surface area contributed by atoms with E-state index in [1.54, 1.807) is 0 Å². The number of rotatable bonds is 10. The van der Waals surface area contributed by atoms with Gasteiger partial charge >= 0.3 is 0 Å². The van der Waals surface area contributed by atoms with E-state index in [-0.39, 0.29) is 0 Å². The summed E-state index contributed by atoms with van der Waals surface area (Å²) in [6.45, 7) is 2.91. The van der Waals surface area contributed by atoms with E-state index in [0.29, 0.717) is 23.5 Å². The highest BCUT2D eigenvalue weighted by Gasteiger charge is 2.22. The van der Waals surface area contributed by atoms with E-state index in [4.69, 9.17) is 57.6 Å². The van der Waals surface area contributed by atoms with Crippen molar-refractivity contribution in [2.45, 2.75) is 0 Å². The van der Waals surface area contributed by atoms with Crippen molar-refractivity contribution in [3.63, 3.8) is 0 Å². The van der Waals surface area contributed by atoms with Gasteiger partial charge in [0, 0.05) is 49.7 Å². The molecular weight excluding hydrogens is 332 g/mol. The lowest BCUT2D eigenvalue weighted by molar-refractivity contribution is 0.439. The van der Waals surface area contributed by atoms with E-state index < -0.39 is 7.58 Å². The summed E-state index contributed by atoms with van der Waals surface area (Å²) in [6, 6.07) is 0. The highest BCUT2D eigenvalue weighted by Crippen LogP contribution is 2.48. The molecule has 0 rings (SSSR count). The monoisotopic (exact) mass is 346 g/mol. The molecule has 0 radical (unpaired) electrons. The molecule has 0 saturated carbocycles. The minimum atomic E-state index is -0.930. The van der Waals surface area contributed by atoms with Crippen LogP contribution in [0.4, 0.5) is 0 Å².